The number of fused-ring (bicyclic) bond motifs is 1. The molecular formula is C18H21N3O2. The number of nitrogens with one attached hydrogen (secondary N) is 1. The summed E-state index contributed by atoms with van der Waals surface area (Å²) >= 11 is 0. The number of hydrogen-bond acceptors (Lipinski definition) is 3. The molecule has 1 N–H and O–H groups in total. The van der Waals surface area contributed by atoms with E-state index in [9.17, 15) is 4.79 Å². The summed E-state index contributed by atoms with van der Waals surface area (Å²) < 4.78 is 7.44. The van der Waals surface area contributed by atoms with Gasteiger partial charge in [0.15, 0.2) is 5.76 Å². The minimum Gasteiger partial charge on any atom is -0.456 e. The van der Waals surface area contributed by atoms with Crippen LogP contribution in [0.5, 0.6) is 0 Å². The SMILES string of the molecule is CCc1ccc(C(=O)NCCCn2nc(C)c3ccccc32)o1. The molecule has 0 aliphatic carbocycles. The van der Waals surface area contributed by atoms with Gasteiger partial charge in [-0.2, -0.15) is 5.10 Å². The van der Waals surface area contributed by atoms with Crippen LogP contribution in [0.25, 0.3) is 10.9 Å². The Morgan fingerprint density at radius 1 is 1.26 bits per heavy atom. The van der Waals surface area contributed by atoms with E-state index in [0.717, 1.165) is 36.4 Å². The number of furan rings is 1. The summed E-state index contributed by atoms with van der Waals surface area (Å²) in [6, 6.07) is 11.8. The maximum absolute atomic E-state index is 12.0. The molecule has 5 heteroatoms. The average Bonchev–Trinajstić information content (AvgIpc) is 3.17. The first-order valence-corrected chi connectivity index (χ1v) is 7.98. The summed E-state index contributed by atoms with van der Waals surface area (Å²) in [5.41, 5.74) is 2.17. The van der Waals surface area contributed by atoms with Gasteiger partial charge in [-0.3, -0.25) is 9.48 Å². The Morgan fingerprint density at radius 3 is 2.87 bits per heavy atom. The van der Waals surface area contributed by atoms with Crippen LogP contribution in [0.15, 0.2) is 40.8 Å². The van der Waals surface area contributed by atoms with E-state index >= 15 is 0 Å². The molecule has 2 aromatic heterocycles. The number of para-hydroxylation sites is 1. The lowest BCUT2D eigenvalue weighted by molar-refractivity contribution is 0.0923. The van der Waals surface area contributed by atoms with Crippen molar-refractivity contribution in [2.75, 3.05) is 6.54 Å². The zero-order valence-corrected chi connectivity index (χ0v) is 13.5. The van der Waals surface area contributed by atoms with Gasteiger partial charge < -0.3 is 9.73 Å². The number of benzene rings is 1. The van der Waals surface area contributed by atoms with Gasteiger partial charge in [0, 0.05) is 24.9 Å². The van der Waals surface area contributed by atoms with Gasteiger partial charge in [-0.15, -0.1) is 0 Å². The first-order valence-electron chi connectivity index (χ1n) is 7.98. The Bertz CT molecular complexity index is 817. The van der Waals surface area contributed by atoms with Crippen molar-refractivity contribution in [1.29, 1.82) is 0 Å². The van der Waals surface area contributed by atoms with Crippen LogP contribution in [-0.2, 0) is 13.0 Å². The van der Waals surface area contributed by atoms with Crippen molar-refractivity contribution in [2.24, 2.45) is 0 Å². The number of carbonyl (C=O) groups is 1. The van der Waals surface area contributed by atoms with Crippen molar-refractivity contribution >= 4 is 16.8 Å². The highest BCUT2D eigenvalue weighted by Crippen LogP contribution is 2.17. The third-order valence-electron chi connectivity index (χ3n) is 3.91. The van der Waals surface area contributed by atoms with Gasteiger partial charge in [0.2, 0.25) is 0 Å². The molecule has 0 bridgehead atoms. The second kappa shape index (κ2) is 6.69. The van der Waals surface area contributed by atoms with Crippen LogP contribution in [-0.4, -0.2) is 22.2 Å². The molecule has 2 heterocycles. The molecule has 3 aromatic rings. The largest absolute Gasteiger partial charge is 0.456 e. The number of aryl methyl sites for hydroxylation is 3. The molecule has 1 amide bonds. The summed E-state index contributed by atoms with van der Waals surface area (Å²) in [6.45, 7) is 5.38. The number of nitrogens with zero attached hydrogens (tertiary/aromatic N) is 2. The Hall–Kier alpha value is -2.56. The topological polar surface area (TPSA) is 60.1 Å². The lowest BCUT2D eigenvalue weighted by atomic mass is 10.2. The summed E-state index contributed by atoms with van der Waals surface area (Å²) in [5.74, 6) is 1.04. The van der Waals surface area contributed by atoms with Crippen molar-refractivity contribution in [2.45, 2.75) is 33.2 Å². The van der Waals surface area contributed by atoms with Gasteiger partial charge >= 0.3 is 0 Å². The van der Waals surface area contributed by atoms with E-state index in [1.165, 1.54) is 5.39 Å². The predicted octanol–water partition coefficient (Wildman–Crippen LogP) is 3.32. The maximum Gasteiger partial charge on any atom is 0.286 e. The van der Waals surface area contributed by atoms with Gasteiger partial charge in [0.25, 0.3) is 5.91 Å². The van der Waals surface area contributed by atoms with Gasteiger partial charge in [-0.05, 0) is 31.5 Å². The number of hydrogen-bond donors (Lipinski definition) is 1. The number of rotatable bonds is 6. The molecule has 120 valence electrons. The molecule has 0 fully saturated rings. The van der Waals surface area contributed by atoms with E-state index in [2.05, 4.69) is 22.5 Å². The zero-order chi connectivity index (χ0) is 16.2. The summed E-state index contributed by atoms with van der Waals surface area (Å²) in [4.78, 5) is 12.0. The van der Waals surface area contributed by atoms with Crippen LogP contribution in [0.2, 0.25) is 0 Å². The van der Waals surface area contributed by atoms with E-state index < -0.39 is 0 Å². The molecule has 0 saturated heterocycles. The van der Waals surface area contributed by atoms with Gasteiger partial charge in [-0.25, -0.2) is 0 Å². The first-order chi connectivity index (χ1) is 11.2. The third-order valence-corrected chi connectivity index (χ3v) is 3.91. The van der Waals surface area contributed by atoms with E-state index in [-0.39, 0.29) is 5.91 Å². The highest BCUT2D eigenvalue weighted by molar-refractivity contribution is 5.91. The highest BCUT2D eigenvalue weighted by Gasteiger charge is 2.10. The van der Waals surface area contributed by atoms with Gasteiger partial charge in [-0.1, -0.05) is 25.1 Å². The minimum atomic E-state index is -0.161. The van der Waals surface area contributed by atoms with Crippen molar-refractivity contribution in [1.82, 2.24) is 15.1 Å². The average molecular weight is 311 g/mol. The van der Waals surface area contributed by atoms with Crippen LogP contribution in [0, 0.1) is 6.92 Å². The minimum absolute atomic E-state index is 0.161. The third kappa shape index (κ3) is 3.28. The monoisotopic (exact) mass is 311 g/mol. The second-order valence-corrected chi connectivity index (χ2v) is 5.55. The predicted molar refractivity (Wildman–Crippen MR) is 89.5 cm³/mol. The summed E-state index contributed by atoms with van der Waals surface area (Å²) in [6.07, 6.45) is 1.61. The normalized spacial score (nSPS) is 11.0. The molecular weight excluding hydrogens is 290 g/mol. The maximum atomic E-state index is 12.0. The Morgan fingerprint density at radius 2 is 2.09 bits per heavy atom. The quantitative estimate of drug-likeness (QED) is 0.710. The molecule has 5 nitrogen and oxygen atoms in total. The fourth-order valence-corrected chi connectivity index (χ4v) is 2.67. The van der Waals surface area contributed by atoms with Crippen molar-refractivity contribution in [3.8, 4) is 0 Å². The molecule has 23 heavy (non-hydrogen) atoms. The van der Waals surface area contributed by atoms with Crippen LogP contribution >= 0.6 is 0 Å². The van der Waals surface area contributed by atoms with Crippen molar-refractivity contribution in [3.63, 3.8) is 0 Å². The van der Waals surface area contributed by atoms with Crippen molar-refractivity contribution in [3.05, 3.63) is 53.6 Å². The fourth-order valence-electron chi connectivity index (χ4n) is 2.67. The van der Waals surface area contributed by atoms with E-state index in [0.29, 0.717) is 12.3 Å². The van der Waals surface area contributed by atoms with E-state index in [4.69, 9.17) is 4.42 Å². The standard InChI is InChI=1S/C18H21N3O2/c1-3-14-9-10-17(23-14)18(22)19-11-6-12-21-16-8-5-4-7-15(16)13(2)20-21/h4-5,7-10H,3,6,11-12H2,1-2H3,(H,19,22). The van der Waals surface area contributed by atoms with Crippen LogP contribution in [0.1, 0.15) is 35.4 Å². The zero-order valence-electron chi connectivity index (χ0n) is 13.5. The molecule has 1 aromatic carbocycles. The van der Waals surface area contributed by atoms with E-state index in [1.807, 2.05) is 36.7 Å². The van der Waals surface area contributed by atoms with Crippen LogP contribution < -0.4 is 5.32 Å². The summed E-state index contributed by atoms with van der Waals surface area (Å²) in [7, 11) is 0. The molecule has 0 unspecified atom stereocenters. The Kier molecular flexibility index (Phi) is 4.46. The van der Waals surface area contributed by atoms with Gasteiger partial charge in [0.05, 0.1) is 11.2 Å². The Balaban J connectivity index is 1.54. The lowest BCUT2D eigenvalue weighted by Gasteiger charge is -2.05. The molecule has 0 aliphatic heterocycles. The number of aromatic nitrogens is 2. The van der Waals surface area contributed by atoms with Crippen molar-refractivity contribution < 1.29 is 9.21 Å². The summed E-state index contributed by atoms with van der Waals surface area (Å²) in [5, 5.41) is 8.63. The van der Waals surface area contributed by atoms with E-state index in [1.54, 1.807) is 6.07 Å². The second-order valence-electron chi connectivity index (χ2n) is 5.55. The fraction of sp³-hybridized carbons (Fsp3) is 0.333. The molecule has 0 spiro atoms. The number of carbonyl (C=O) groups excluding carboxylic acids is 1. The smallest absolute Gasteiger partial charge is 0.286 e. The van der Waals surface area contributed by atoms with Crippen LogP contribution in [0.4, 0.5) is 0 Å². The molecule has 0 aliphatic rings. The first kappa shape index (κ1) is 15.3. The number of amides is 1. The molecule has 0 atom stereocenters. The van der Waals surface area contributed by atoms with Crippen LogP contribution in [0.3, 0.4) is 0 Å². The molecule has 0 saturated carbocycles. The van der Waals surface area contributed by atoms with Gasteiger partial charge in [0.1, 0.15) is 5.76 Å². The Labute approximate surface area is 135 Å². The lowest BCUT2D eigenvalue weighted by Crippen LogP contribution is -2.25. The molecule has 3 rings (SSSR count). The highest BCUT2D eigenvalue weighted by atomic mass is 16.3. The molecule has 0 radical (unpaired) electrons.